The van der Waals surface area contributed by atoms with Gasteiger partial charge in [0, 0.05) is 7.05 Å². The second-order valence-corrected chi connectivity index (χ2v) is 6.14. The lowest BCUT2D eigenvalue weighted by Crippen LogP contribution is -2.44. The summed E-state index contributed by atoms with van der Waals surface area (Å²) in [7, 11) is 1.55. The first kappa shape index (κ1) is 18.4. The van der Waals surface area contributed by atoms with E-state index in [1.165, 1.54) is 30.2 Å². The second kappa shape index (κ2) is 7.45. The first-order chi connectivity index (χ1) is 12.9. The third-order valence-electron chi connectivity index (χ3n) is 4.29. The van der Waals surface area contributed by atoms with E-state index >= 15 is 0 Å². The highest BCUT2D eigenvalue weighted by Gasteiger charge is 2.41. The summed E-state index contributed by atoms with van der Waals surface area (Å²) in [6.07, 6.45) is 1.50. The Bertz CT molecular complexity index is 854. The standard InChI is InChI=1S/C19H18N2O6/c1-12(21-17(23)14-7-3-4-8-15(14)18(21)24)19(25)27-11-16(22)20(2)10-13-6-5-9-26-13/h3-9,12H,10-11H2,1-2H3. The number of amides is 3. The van der Waals surface area contributed by atoms with Gasteiger partial charge in [-0.1, -0.05) is 12.1 Å². The van der Waals surface area contributed by atoms with Gasteiger partial charge in [-0.25, -0.2) is 4.79 Å². The van der Waals surface area contributed by atoms with Gasteiger partial charge < -0.3 is 14.1 Å². The Morgan fingerprint density at radius 1 is 1.11 bits per heavy atom. The average molecular weight is 370 g/mol. The van der Waals surface area contributed by atoms with Crippen LogP contribution in [0.2, 0.25) is 0 Å². The minimum Gasteiger partial charge on any atom is -0.467 e. The Labute approximate surface area is 155 Å². The largest absolute Gasteiger partial charge is 0.467 e. The molecule has 8 nitrogen and oxygen atoms in total. The molecule has 3 rings (SSSR count). The number of carbonyl (C=O) groups is 4. The van der Waals surface area contributed by atoms with Gasteiger partial charge in [-0.15, -0.1) is 0 Å². The van der Waals surface area contributed by atoms with Crippen LogP contribution in [-0.4, -0.2) is 53.2 Å². The smallest absolute Gasteiger partial charge is 0.329 e. The van der Waals surface area contributed by atoms with Gasteiger partial charge in [-0.2, -0.15) is 0 Å². The zero-order valence-corrected chi connectivity index (χ0v) is 14.9. The van der Waals surface area contributed by atoms with Gasteiger partial charge in [0.1, 0.15) is 11.8 Å². The molecule has 1 aliphatic heterocycles. The second-order valence-electron chi connectivity index (χ2n) is 6.14. The van der Waals surface area contributed by atoms with Gasteiger partial charge in [-0.05, 0) is 31.2 Å². The van der Waals surface area contributed by atoms with Gasteiger partial charge in [0.05, 0.1) is 23.9 Å². The lowest BCUT2D eigenvalue weighted by atomic mass is 10.1. The number of likely N-dealkylation sites (N-methyl/N-ethyl adjacent to an activating group) is 1. The fourth-order valence-corrected chi connectivity index (χ4v) is 2.75. The number of esters is 1. The summed E-state index contributed by atoms with van der Waals surface area (Å²) in [4.78, 5) is 51.3. The van der Waals surface area contributed by atoms with E-state index in [0.717, 1.165) is 4.90 Å². The van der Waals surface area contributed by atoms with Gasteiger partial charge in [0.2, 0.25) is 0 Å². The molecular formula is C19H18N2O6. The van der Waals surface area contributed by atoms with Crippen LogP contribution < -0.4 is 0 Å². The molecule has 140 valence electrons. The third kappa shape index (κ3) is 3.59. The fourth-order valence-electron chi connectivity index (χ4n) is 2.75. The summed E-state index contributed by atoms with van der Waals surface area (Å²) in [5.74, 6) is -1.78. The quantitative estimate of drug-likeness (QED) is 0.564. The molecule has 1 aliphatic rings. The maximum absolute atomic E-state index is 12.4. The van der Waals surface area contributed by atoms with Crippen LogP contribution in [-0.2, 0) is 20.9 Å². The van der Waals surface area contributed by atoms with Crippen molar-refractivity contribution < 1.29 is 28.3 Å². The molecule has 0 bridgehead atoms. The van der Waals surface area contributed by atoms with Gasteiger partial charge in [0.25, 0.3) is 17.7 Å². The van der Waals surface area contributed by atoms with Crippen LogP contribution in [0.25, 0.3) is 0 Å². The predicted octanol–water partition coefficient (Wildman–Crippen LogP) is 1.47. The van der Waals surface area contributed by atoms with Gasteiger partial charge in [-0.3, -0.25) is 19.3 Å². The van der Waals surface area contributed by atoms with Crippen LogP contribution >= 0.6 is 0 Å². The van der Waals surface area contributed by atoms with E-state index in [0.29, 0.717) is 5.76 Å². The molecule has 0 aliphatic carbocycles. The normalized spacial score (nSPS) is 14.1. The Hall–Kier alpha value is -3.42. The van der Waals surface area contributed by atoms with Crippen LogP contribution in [0.5, 0.6) is 0 Å². The molecule has 0 radical (unpaired) electrons. The van der Waals surface area contributed by atoms with Crippen molar-refractivity contribution in [3.05, 3.63) is 59.5 Å². The van der Waals surface area contributed by atoms with Crippen molar-refractivity contribution in [3.8, 4) is 0 Å². The van der Waals surface area contributed by atoms with E-state index in [1.807, 2.05) is 0 Å². The highest BCUT2D eigenvalue weighted by Crippen LogP contribution is 2.24. The Morgan fingerprint density at radius 2 is 1.74 bits per heavy atom. The molecule has 1 aromatic heterocycles. The van der Waals surface area contributed by atoms with Crippen molar-refractivity contribution in [2.75, 3.05) is 13.7 Å². The van der Waals surface area contributed by atoms with Gasteiger partial charge >= 0.3 is 5.97 Å². The number of rotatable bonds is 6. The third-order valence-corrected chi connectivity index (χ3v) is 4.29. The molecule has 27 heavy (non-hydrogen) atoms. The summed E-state index contributed by atoms with van der Waals surface area (Å²) in [5.41, 5.74) is 0.493. The van der Waals surface area contributed by atoms with E-state index < -0.39 is 36.3 Å². The van der Waals surface area contributed by atoms with Crippen LogP contribution in [0, 0.1) is 0 Å². The summed E-state index contributed by atoms with van der Waals surface area (Å²) in [5, 5.41) is 0. The molecule has 2 heterocycles. The van der Waals surface area contributed by atoms with Crippen molar-refractivity contribution in [2.24, 2.45) is 0 Å². The summed E-state index contributed by atoms with van der Waals surface area (Å²) < 4.78 is 10.2. The molecule has 0 fully saturated rings. The predicted molar refractivity (Wildman–Crippen MR) is 92.5 cm³/mol. The van der Waals surface area contributed by atoms with E-state index in [2.05, 4.69) is 0 Å². The number of benzene rings is 1. The molecular weight excluding hydrogens is 352 g/mol. The molecule has 2 aromatic rings. The van der Waals surface area contributed by atoms with Crippen molar-refractivity contribution in [3.63, 3.8) is 0 Å². The molecule has 1 atom stereocenters. The van der Waals surface area contributed by atoms with Crippen LogP contribution in [0.15, 0.2) is 47.1 Å². The molecule has 1 unspecified atom stereocenters. The topological polar surface area (TPSA) is 97.1 Å². The zero-order valence-electron chi connectivity index (χ0n) is 14.9. The highest BCUT2D eigenvalue weighted by molar-refractivity contribution is 6.22. The van der Waals surface area contributed by atoms with Crippen molar-refractivity contribution >= 4 is 23.7 Å². The van der Waals surface area contributed by atoms with E-state index in [4.69, 9.17) is 9.15 Å². The first-order valence-corrected chi connectivity index (χ1v) is 8.30. The fraction of sp³-hybridized carbons (Fsp3) is 0.263. The van der Waals surface area contributed by atoms with E-state index in [-0.39, 0.29) is 17.7 Å². The SMILES string of the molecule is CC(C(=O)OCC(=O)N(C)Cc1ccco1)N1C(=O)c2ccccc2C1=O. The number of ether oxygens (including phenoxy) is 1. The Balaban J connectivity index is 1.57. The summed E-state index contributed by atoms with van der Waals surface area (Å²) in [6, 6.07) is 8.63. The minimum atomic E-state index is -1.14. The van der Waals surface area contributed by atoms with Crippen LogP contribution in [0.4, 0.5) is 0 Å². The number of furan rings is 1. The van der Waals surface area contributed by atoms with E-state index in [1.54, 1.807) is 31.3 Å². The lowest BCUT2D eigenvalue weighted by molar-refractivity contribution is -0.154. The lowest BCUT2D eigenvalue weighted by Gasteiger charge is -2.21. The maximum Gasteiger partial charge on any atom is 0.329 e. The van der Waals surface area contributed by atoms with Gasteiger partial charge in [0.15, 0.2) is 6.61 Å². The molecule has 1 aromatic carbocycles. The Kier molecular flexibility index (Phi) is 5.07. The first-order valence-electron chi connectivity index (χ1n) is 8.30. The monoisotopic (exact) mass is 370 g/mol. The summed E-state index contributed by atoms with van der Waals surface area (Å²) >= 11 is 0. The Morgan fingerprint density at radius 3 is 2.30 bits per heavy atom. The highest BCUT2D eigenvalue weighted by atomic mass is 16.5. The molecule has 8 heteroatoms. The number of hydrogen-bond acceptors (Lipinski definition) is 6. The van der Waals surface area contributed by atoms with Crippen molar-refractivity contribution in [2.45, 2.75) is 19.5 Å². The molecule has 0 saturated heterocycles. The summed E-state index contributed by atoms with van der Waals surface area (Å²) in [6.45, 7) is 1.13. The average Bonchev–Trinajstić information content (AvgIpc) is 3.26. The molecule has 3 amide bonds. The molecule has 0 N–H and O–H groups in total. The van der Waals surface area contributed by atoms with E-state index in [9.17, 15) is 19.2 Å². The van der Waals surface area contributed by atoms with Crippen LogP contribution in [0.3, 0.4) is 0 Å². The minimum absolute atomic E-state index is 0.233. The number of imide groups is 1. The number of fused-ring (bicyclic) bond motifs is 1. The maximum atomic E-state index is 12.4. The molecule has 0 spiro atoms. The zero-order chi connectivity index (χ0) is 19.6. The molecule has 0 saturated carbocycles. The van der Waals surface area contributed by atoms with Crippen LogP contribution in [0.1, 0.15) is 33.4 Å². The number of hydrogen-bond donors (Lipinski definition) is 0. The van der Waals surface area contributed by atoms with Crippen molar-refractivity contribution in [1.82, 2.24) is 9.80 Å². The van der Waals surface area contributed by atoms with Crippen molar-refractivity contribution in [1.29, 1.82) is 0 Å². The number of carbonyl (C=O) groups excluding carboxylic acids is 4. The number of nitrogens with zero attached hydrogens (tertiary/aromatic N) is 2.